The Kier molecular flexibility index (Phi) is 5.81. The van der Waals surface area contributed by atoms with Gasteiger partial charge < -0.3 is 19.9 Å². The Bertz CT molecular complexity index is 429. The number of hydrogen-bond acceptors (Lipinski definition) is 4. The van der Waals surface area contributed by atoms with Crippen LogP contribution in [0.2, 0.25) is 0 Å². The first-order valence-electron chi connectivity index (χ1n) is 5.81. The van der Waals surface area contributed by atoms with Crippen molar-refractivity contribution in [3.8, 4) is 5.75 Å². The highest BCUT2D eigenvalue weighted by Gasteiger charge is 2.14. The molecule has 104 valence electrons. The van der Waals surface area contributed by atoms with Gasteiger partial charge in [0, 0.05) is 13.7 Å². The van der Waals surface area contributed by atoms with Crippen LogP contribution in [0.4, 0.5) is 0 Å². The molecule has 1 amide bonds. The molecule has 1 aromatic carbocycles. The lowest BCUT2D eigenvalue weighted by molar-refractivity contribution is -0.127. The standard InChI is InChI=1S/C13H17NO5/c1-9(12(15)14-7-8-18-2)19-11-5-3-10(4-6-11)13(16)17/h3-6,9H,7-8H2,1-2H3,(H,14,15)(H,16,17)/t9-/m0/s1. The minimum atomic E-state index is -1.00. The van der Waals surface area contributed by atoms with Crippen LogP contribution in [0.15, 0.2) is 24.3 Å². The van der Waals surface area contributed by atoms with Gasteiger partial charge in [0.05, 0.1) is 12.2 Å². The summed E-state index contributed by atoms with van der Waals surface area (Å²) in [4.78, 5) is 22.3. The maximum absolute atomic E-state index is 11.6. The lowest BCUT2D eigenvalue weighted by Gasteiger charge is -2.14. The minimum absolute atomic E-state index is 0.171. The van der Waals surface area contributed by atoms with Crippen LogP contribution in [0, 0.1) is 0 Å². The summed E-state index contributed by atoms with van der Waals surface area (Å²) in [6, 6.07) is 5.88. The molecule has 0 aliphatic carbocycles. The van der Waals surface area contributed by atoms with E-state index >= 15 is 0 Å². The van der Waals surface area contributed by atoms with Crippen molar-refractivity contribution >= 4 is 11.9 Å². The second kappa shape index (κ2) is 7.38. The van der Waals surface area contributed by atoms with Crippen LogP contribution in [0.1, 0.15) is 17.3 Å². The van der Waals surface area contributed by atoms with Gasteiger partial charge in [0.15, 0.2) is 6.10 Å². The van der Waals surface area contributed by atoms with Crippen molar-refractivity contribution in [3.05, 3.63) is 29.8 Å². The zero-order valence-corrected chi connectivity index (χ0v) is 10.9. The maximum atomic E-state index is 11.6. The first-order chi connectivity index (χ1) is 9.04. The topological polar surface area (TPSA) is 84.9 Å². The summed E-state index contributed by atoms with van der Waals surface area (Å²) in [5.74, 6) is -0.810. The first-order valence-corrected chi connectivity index (χ1v) is 5.81. The molecule has 0 heterocycles. The molecule has 6 nitrogen and oxygen atoms in total. The lowest BCUT2D eigenvalue weighted by atomic mass is 10.2. The summed E-state index contributed by atoms with van der Waals surface area (Å²) >= 11 is 0. The SMILES string of the molecule is COCCNC(=O)[C@H](C)Oc1ccc(C(=O)O)cc1. The maximum Gasteiger partial charge on any atom is 0.335 e. The van der Waals surface area contributed by atoms with Crippen molar-refractivity contribution in [1.82, 2.24) is 5.32 Å². The first kappa shape index (κ1) is 15.0. The van der Waals surface area contributed by atoms with Gasteiger partial charge in [-0.2, -0.15) is 0 Å². The molecule has 0 radical (unpaired) electrons. The molecular formula is C13H17NO5. The Labute approximate surface area is 111 Å². The zero-order valence-electron chi connectivity index (χ0n) is 10.9. The van der Waals surface area contributed by atoms with Crippen molar-refractivity contribution in [1.29, 1.82) is 0 Å². The van der Waals surface area contributed by atoms with E-state index < -0.39 is 12.1 Å². The van der Waals surface area contributed by atoms with E-state index in [0.717, 1.165) is 0 Å². The van der Waals surface area contributed by atoms with Gasteiger partial charge in [-0.1, -0.05) is 0 Å². The third-order valence-electron chi connectivity index (χ3n) is 2.39. The summed E-state index contributed by atoms with van der Waals surface area (Å²) < 4.78 is 10.2. The molecule has 0 aliphatic rings. The van der Waals surface area contributed by atoms with Crippen molar-refractivity contribution in [2.75, 3.05) is 20.3 Å². The second-order valence-corrected chi connectivity index (χ2v) is 3.87. The van der Waals surface area contributed by atoms with E-state index in [1.54, 1.807) is 14.0 Å². The van der Waals surface area contributed by atoms with Gasteiger partial charge in [0.1, 0.15) is 5.75 Å². The fourth-order valence-corrected chi connectivity index (χ4v) is 1.35. The molecule has 1 atom stereocenters. The van der Waals surface area contributed by atoms with Crippen LogP contribution < -0.4 is 10.1 Å². The molecule has 19 heavy (non-hydrogen) atoms. The highest BCUT2D eigenvalue weighted by Crippen LogP contribution is 2.13. The fourth-order valence-electron chi connectivity index (χ4n) is 1.35. The van der Waals surface area contributed by atoms with E-state index in [9.17, 15) is 9.59 Å². The van der Waals surface area contributed by atoms with Crippen molar-refractivity contribution in [2.24, 2.45) is 0 Å². The van der Waals surface area contributed by atoms with E-state index in [1.165, 1.54) is 24.3 Å². The third-order valence-corrected chi connectivity index (χ3v) is 2.39. The lowest BCUT2D eigenvalue weighted by Crippen LogP contribution is -2.37. The van der Waals surface area contributed by atoms with E-state index in [-0.39, 0.29) is 11.5 Å². The fraction of sp³-hybridized carbons (Fsp3) is 0.385. The van der Waals surface area contributed by atoms with Gasteiger partial charge >= 0.3 is 5.97 Å². The molecule has 0 unspecified atom stereocenters. The third kappa shape index (κ3) is 4.97. The Balaban J connectivity index is 2.49. The van der Waals surface area contributed by atoms with Crippen molar-refractivity contribution < 1.29 is 24.2 Å². The Morgan fingerprint density at radius 2 is 1.95 bits per heavy atom. The number of aromatic carboxylic acids is 1. The average Bonchev–Trinajstić information content (AvgIpc) is 2.39. The Morgan fingerprint density at radius 3 is 2.47 bits per heavy atom. The van der Waals surface area contributed by atoms with Crippen LogP contribution in [0.3, 0.4) is 0 Å². The van der Waals surface area contributed by atoms with Gasteiger partial charge in [0.2, 0.25) is 0 Å². The van der Waals surface area contributed by atoms with Crippen LogP contribution in [0.25, 0.3) is 0 Å². The van der Waals surface area contributed by atoms with E-state index in [4.69, 9.17) is 14.6 Å². The number of nitrogens with one attached hydrogen (secondary N) is 1. The van der Waals surface area contributed by atoms with Crippen molar-refractivity contribution in [2.45, 2.75) is 13.0 Å². The minimum Gasteiger partial charge on any atom is -0.481 e. The molecule has 0 saturated carbocycles. The summed E-state index contributed by atoms with van der Waals surface area (Å²) in [6.45, 7) is 2.47. The molecule has 1 aromatic rings. The molecule has 0 bridgehead atoms. The number of carbonyl (C=O) groups is 2. The average molecular weight is 267 g/mol. The van der Waals surface area contributed by atoms with E-state index in [2.05, 4.69) is 5.32 Å². The molecule has 1 rings (SSSR count). The molecule has 0 aliphatic heterocycles. The summed E-state index contributed by atoms with van der Waals surface area (Å²) in [7, 11) is 1.55. The molecule has 0 aromatic heterocycles. The predicted octanol–water partition coefficient (Wildman–Crippen LogP) is 0.915. The summed E-state index contributed by atoms with van der Waals surface area (Å²) in [5.41, 5.74) is 0.171. The van der Waals surface area contributed by atoms with Gasteiger partial charge in [-0.25, -0.2) is 4.79 Å². The van der Waals surface area contributed by atoms with E-state index in [1.807, 2.05) is 0 Å². The largest absolute Gasteiger partial charge is 0.481 e. The summed E-state index contributed by atoms with van der Waals surface area (Å²) in [6.07, 6.45) is -0.660. The Morgan fingerprint density at radius 1 is 1.32 bits per heavy atom. The van der Waals surface area contributed by atoms with Crippen molar-refractivity contribution in [3.63, 3.8) is 0 Å². The number of methoxy groups -OCH3 is 1. The van der Waals surface area contributed by atoms with E-state index in [0.29, 0.717) is 18.9 Å². The number of amides is 1. The number of carboxylic acids is 1. The summed E-state index contributed by atoms with van der Waals surface area (Å²) in [5, 5.41) is 11.4. The molecule has 2 N–H and O–H groups in total. The number of carbonyl (C=O) groups excluding carboxylic acids is 1. The molecule has 6 heteroatoms. The zero-order chi connectivity index (χ0) is 14.3. The van der Waals surface area contributed by atoms with Crippen LogP contribution in [-0.2, 0) is 9.53 Å². The van der Waals surface area contributed by atoms with Crippen LogP contribution in [-0.4, -0.2) is 43.3 Å². The molecule has 0 spiro atoms. The van der Waals surface area contributed by atoms with Gasteiger partial charge in [-0.15, -0.1) is 0 Å². The molecular weight excluding hydrogens is 250 g/mol. The normalized spacial score (nSPS) is 11.7. The smallest absolute Gasteiger partial charge is 0.335 e. The number of carboxylic acid groups (broad SMARTS) is 1. The number of benzene rings is 1. The van der Waals surface area contributed by atoms with Gasteiger partial charge in [0.25, 0.3) is 5.91 Å². The number of rotatable bonds is 7. The highest BCUT2D eigenvalue weighted by atomic mass is 16.5. The van der Waals surface area contributed by atoms with Gasteiger partial charge in [-0.05, 0) is 31.2 Å². The second-order valence-electron chi connectivity index (χ2n) is 3.87. The highest BCUT2D eigenvalue weighted by molar-refractivity contribution is 5.87. The monoisotopic (exact) mass is 267 g/mol. The quantitative estimate of drug-likeness (QED) is 0.717. The van der Waals surface area contributed by atoms with Gasteiger partial charge in [-0.3, -0.25) is 4.79 Å². The Hall–Kier alpha value is -2.08. The molecule has 0 saturated heterocycles. The van der Waals surface area contributed by atoms with Crippen LogP contribution >= 0.6 is 0 Å². The molecule has 0 fully saturated rings. The number of ether oxygens (including phenoxy) is 2. The van der Waals surface area contributed by atoms with Crippen LogP contribution in [0.5, 0.6) is 5.75 Å². The predicted molar refractivity (Wildman–Crippen MR) is 68.4 cm³/mol. The number of hydrogen-bond donors (Lipinski definition) is 2.